The van der Waals surface area contributed by atoms with E-state index in [1.165, 1.54) is 0 Å². The molecule has 0 bridgehead atoms. The summed E-state index contributed by atoms with van der Waals surface area (Å²) in [4.78, 5) is 0. The number of rotatable bonds is 3. The zero-order valence-corrected chi connectivity index (χ0v) is 6.85. The molecule has 0 radical (unpaired) electrons. The molecule has 0 aliphatic carbocycles. The summed E-state index contributed by atoms with van der Waals surface area (Å²) >= 11 is 0. The van der Waals surface area contributed by atoms with Gasteiger partial charge in [0.1, 0.15) is 5.76 Å². The molecule has 1 nitrogen and oxygen atoms in total. The van der Waals surface area contributed by atoms with Crippen molar-refractivity contribution in [3.05, 3.63) is 36.1 Å². The molecular formula is C9H14O. The summed E-state index contributed by atoms with van der Waals surface area (Å²) in [5.41, 5.74) is 0.995. The quantitative estimate of drug-likeness (QED) is 0.430. The van der Waals surface area contributed by atoms with Gasteiger partial charge >= 0.3 is 0 Å². The highest BCUT2D eigenvalue weighted by Crippen LogP contribution is 2.01. The molecule has 0 heterocycles. The normalized spacial score (nSPS) is 12.1. The highest BCUT2D eigenvalue weighted by Gasteiger charge is 1.86. The van der Waals surface area contributed by atoms with E-state index in [2.05, 4.69) is 6.58 Å². The van der Waals surface area contributed by atoms with E-state index in [0.29, 0.717) is 0 Å². The Bertz CT molecular complexity index is 164. The third-order valence-corrected chi connectivity index (χ3v) is 0.955. The number of ether oxygens (including phenoxy) is 1. The predicted octanol–water partition coefficient (Wildman–Crippen LogP) is 2.67. The summed E-state index contributed by atoms with van der Waals surface area (Å²) in [5, 5.41) is 0. The van der Waals surface area contributed by atoms with Crippen LogP contribution in [-0.2, 0) is 4.74 Å². The lowest BCUT2D eigenvalue weighted by atomic mass is 10.3. The lowest BCUT2D eigenvalue weighted by molar-refractivity contribution is 0.306. The smallest absolute Gasteiger partial charge is 0.118 e. The van der Waals surface area contributed by atoms with Gasteiger partial charge in [-0.25, -0.2) is 0 Å². The van der Waals surface area contributed by atoms with Crippen LogP contribution in [0.25, 0.3) is 0 Å². The molecule has 0 fully saturated rings. The van der Waals surface area contributed by atoms with Crippen molar-refractivity contribution in [2.75, 3.05) is 7.11 Å². The van der Waals surface area contributed by atoms with Crippen LogP contribution in [0.3, 0.4) is 0 Å². The van der Waals surface area contributed by atoms with E-state index in [9.17, 15) is 0 Å². The lowest BCUT2D eigenvalue weighted by Crippen LogP contribution is -1.81. The predicted molar refractivity (Wildman–Crippen MR) is 44.7 cm³/mol. The van der Waals surface area contributed by atoms with E-state index < -0.39 is 0 Å². The van der Waals surface area contributed by atoms with Crippen LogP contribution in [0.2, 0.25) is 0 Å². The Morgan fingerprint density at radius 2 is 2.10 bits per heavy atom. The first-order valence-corrected chi connectivity index (χ1v) is 3.24. The minimum atomic E-state index is 0.843. The minimum Gasteiger partial charge on any atom is -0.497 e. The van der Waals surface area contributed by atoms with Gasteiger partial charge in [0, 0.05) is 0 Å². The van der Waals surface area contributed by atoms with Gasteiger partial charge in [0.15, 0.2) is 0 Å². The first-order chi connectivity index (χ1) is 4.70. The average Bonchev–Trinajstić information content (AvgIpc) is 1.86. The van der Waals surface area contributed by atoms with Gasteiger partial charge < -0.3 is 4.74 Å². The number of hydrogen-bond acceptors (Lipinski definition) is 1. The van der Waals surface area contributed by atoms with Crippen molar-refractivity contribution in [1.29, 1.82) is 0 Å². The molecule has 56 valence electrons. The van der Waals surface area contributed by atoms with Crippen molar-refractivity contribution in [1.82, 2.24) is 0 Å². The molecule has 0 saturated carbocycles. The summed E-state index contributed by atoms with van der Waals surface area (Å²) < 4.78 is 5.02. The highest BCUT2D eigenvalue weighted by atomic mass is 16.5. The second-order valence-electron chi connectivity index (χ2n) is 2.10. The Labute approximate surface area is 62.7 Å². The molecule has 0 aromatic carbocycles. The number of methoxy groups -OCH3 is 1. The largest absolute Gasteiger partial charge is 0.497 e. The van der Waals surface area contributed by atoms with Crippen molar-refractivity contribution in [3.63, 3.8) is 0 Å². The van der Waals surface area contributed by atoms with Crippen molar-refractivity contribution in [2.45, 2.75) is 13.8 Å². The van der Waals surface area contributed by atoms with E-state index >= 15 is 0 Å². The lowest BCUT2D eigenvalue weighted by Gasteiger charge is -1.98. The van der Waals surface area contributed by atoms with E-state index in [1.54, 1.807) is 7.11 Å². The second-order valence-corrected chi connectivity index (χ2v) is 2.10. The Balaban J connectivity index is 4.18. The first-order valence-electron chi connectivity index (χ1n) is 3.24. The van der Waals surface area contributed by atoms with Gasteiger partial charge in [0.05, 0.1) is 7.11 Å². The molecule has 0 aromatic heterocycles. The van der Waals surface area contributed by atoms with Crippen LogP contribution in [-0.4, -0.2) is 7.11 Å². The van der Waals surface area contributed by atoms with Gasteiger partial charge in [-0.1, -0.05) is 18.2 Å². The second kappa shape index (κ2) is 4.86. The summed E-state index contributed by atoms with van der Waals surface area (Å²) in [6, 6.07) is 0. The van der Waals surface area contributed by atoms with Crippen LogP contribution in [0.1, 0.15) is 13.8 Å². The maximum Gasteiger partial charge on any atom is 0.118 e. The summed E-state index contributed by atoms with van der Waals surface area (Å²) in [7, 11) is 1.65. The van der Waals surface area contributed by atoms with Crippen molar-refractivity contribution in [2.24, 2.45) is 0 Å². The van der Waals surface area contributed by atoms with E-state index in [4.69, 9.17) is 4.74 Å². The fraction of sp³-hybridized carbons (Fsp3) is 0.333. The van der Waals surface area contributed by atoms with Crippen LogP contribution in [0.15, 0.2) is 36.1 Å². The molecule has 0 aromatic rings. The van der Waals surface area contributed by atoms with Crippen LogP contribution in [0.4, 0.5) is 0 Å². The van der Waals surface area contributed by atoms with E-state index in [1.807, 2.05) is 32.1 Å². The van der Waals surface area contributed by atoms with Gasteiger partial charge in [-0.3, -0.25) is 0 Å². The van der Waals surface area contributed by atoms with Crippen LogP contribution >= 0.6 is 0 Å². The molecule has 0 unspecified atom stereocenters. The topological polar surface area (TPSA) is 9.23 Å². The van der Waals surface area contributed by atoms with E-state index in [0.717, 1.165) is 11.3 Å². The Morgan fingerprint density at radius 3 is 2.40 bits per heavy atom. The van der Waals surface area contributed by atoms with Crippen molar-refractivity contribution >= 4 is 0 Å². The summed E-state index contributed by atoms with van der Waals surface area (Å²) in [5.74, 6) is 0.843. The Kier molecular flexibility index (Phi) is 4.38. The Morgan fingerprint density at radius 1 is 1.50 bits per heavy atom. The number of hydrogen-bond donors (Lipinski definition) is 0. The summed E-state index contributed by atoms with van der Waals surface area (Å²) in [6.45, 7) is 7.62. The highest BCUT2D eigenvalue weighted by molar-refractivity contribution is 5.22. The van der Waals surface area contributed by atoms with Crippen LogP contribution in [0.5, 0.6) is 0 Å². The zero-order chi connectivity index (χ0) is 7.98. The molecule has 10 heavy (non-hydrogen) atoms. The van der Waals surface area contributed by atoms with Crippen LogP contribution in [0, 0.1) is 0 Å². The molecule has 0 aliphatic rings. The van der Waals surface area contributed by atoms with Gasteiger partial charge in [-0.05, 0) is 26.0 Å². The molecule has 0 aliphatic heterocycles. The molecule has 0 rings (SSSR count). The average molecular weight is 138 g/mol. The first kappa shape index (κ1) is 9.02. The molecule has 0 atom stereocenters. The Hall–Kier alpha value is -0.980. The SMILES string of the molecule is C=C(C)/C=C(\C=C/C)OC. The van der Waals surface area contributed by atoms with Crippen molar-refractivity contribution in [3.8, 4) is 0 Å². The molecule has 0 amide bonds. The maximum absolute atomic E-state index is 5.02. The molecule has 1 heteroatoms. The summed E-state index contributed by atoms with van der Waals surface area (Å²) in [6.07, 6.45) is 5.72. The van der Waals surface area contributed by atoms with Gasteiger partial charge in [0.25, 0.3) is 0 Å². The van der Waals surface area contributed by atoms with E-state index in [-0.39, 0.29) is 0 Å². The third-order valence-electron chi connectivity index (χ3n) is 0.955. The molecular weight excluding hydrogens is 124 g/mol. The minimum absolute atomic E-state index is 0.843. The maximum atomic E-state index is 5.02. The molecule has 0 spiro atoms. The molecule has 0 saturated heterocycles. The third kappa shape index (κ3) is 3.96. The monoisotopic (exact) mass is 138 g/mol. The van der Waals surface area contributed by atoms with Gasteiger partial charge in [-0.15, -0.1) is 0 Å². The van der Waals surface area contributed by atoms with Gasteiger partial charge in [-0.2, -0.15) is 0 Å². The molecule has 0 N–H and O–H groups in total. The zero-order valence-electron chi connectivity index (χ0n) is 6.85. The standard InChI is InChI=1S/C9H14O/c1-5-6-9(10-4)7-8(2)3/h5-7H,2H2,1,3-4H3/b6-5-,9-7+. The van der Waals surface area contributed by atoms with Gasteiger partial charge in [0.2, 0.25) is 0 Å². The van der Waals surface area contributed by atoms with Crippen molar-refractivity contribution < 1.29 is 4.74 Å². The van der Waals surface area contributed by atoms with Crippen LogP contribution < -0.4 is 0 Å². The number of allylic oxidation sites excluding steroid dienone is 4. The fourth-order valence-corrected chi connectivity index (χ4v) is 0.582. The fourth-order valence-electron chi connectivity index (χ4n) is 0.582.